The van der Waals surface area contributed by atoms with E-state index < -0.39 is 10.0 Å². The number of methoxy groups -OCH3 is 3. The third-order valence-corrected chi connectivity index (χ3v) is 7.55. The van der Waals surface area contributed by atoms with Gasteiger partial charge in [0.15, 0.2) is 15.8 Å². The normalized spacial score (nSPS) is 11.6. The average molecular weight is 455 g/mol. The molecule has 0 aliphatic rings. The molecule has 0 radical (unpaired) electrons. The Balaban J connectivity index is 1.83. The molecule has 0 atom stereocenters. The first kappa shape index (κ1) is 21.7. The van der Waals surface area contributed by atoms with Crippen molar-refractivity contribution < 1.29 is 22.6 Å². The molecule has 0 amide bonds. The lowest BCUT2D eigenvalue weighted by atomic mass is 10.2. The lowest BCUT2D eigenvalue weighted by Gasteiger charge is -2.14. The van der Waals surface area contributed by atoms with Crippen molar-refractivity contribution >= 4 is 43.3 Å². The number of hydrogen-bond acceptors (Lipinski definition) is 8. The number of thioether (sulfide) groups is 1. The van der Waals surface area contributed by atoms with Crippen LogP contribution in [0.4, 0.5) is 0 Å². The van der Waals surface area contributed by atoms with Gasteiger partial charge in [-0.2, -0.15) is 0 Å². The molecule has 0 spiro atoms. The van der Waals surface area contributed by atoms with Crippen molar-refractivity contribution in [1.29, 1.82) is 0 Å². The maximum Gasteiger partial charge on any atom is 0.240 e. The predicted molar refractivity (Wildman–Crippen MR) is 116 cm³/mol. The van der Waals surface area contributed by atoms with E-state index in [1.54, 1.807) is 42.1 Å². The summed E-state index contributed by atoms with van der Waals surface area (Å²) < 4.78 is 45.9. The van der Waals surface area contributed by atoms with Gasteiger partial charge in [-0.25, -0.2) is 18.1 Å². The molecule has 1 aromatic heterocycles. The lowest BCUT2D eigenvalue weighted by Crippen LogP contribution is -2.23. The van der Waals surface area contributed by atoms with Gasteiger partial charge in [0, 0.05) is 6.54 Å². The number of aromatic nitrogens is 1. The minimum atomic E-state index is -3.70. The fraction of sp³-hybridized carbons (Fsp3) is 0.316. The maximum atomic E-state index is 12.8. The lowest BCUT2D eigenvalue weighted by molar-refractivity contribution is 0.323. The van der Waals surface area contributed by atoms with Crippen LogP contribution in [-0.4, -0.2) is 40.5 Å². The van der Waals surface area contributed by atoms with Crippen molar-refractivity contribution in [3.8, 4) is 17.2 Å². The summed E-state index contributed by atoms with van der Waals surface area (Å²) in [6, 6.07) is 8.39. The molecule has 0 aliphatic heterocycles. The molecular weight excluding hydrogens is 432 g/mol. The Morgan fingerprint density at radius 2 is 1.76 bits per heavy atom. The van der Waals surface area contributed by atoms with E-state index in [0.717, 1.165) is 20.3 Å². The Hall–Kier alpha value is -2.01. The van der Waals surface area contributed by atoms with Crippen LogP contribution in [-0.2, 0) is 16.6 Å². The van der Waals surface area contributed by atoms with E-state index in [1.807, 2.05) is 0 Å². The first-order valence-electron chi connectivity index (χ1n) is 8.73. The first-order chi connectivity index (χ1) is 13.9. The summed E-state index contributed by atoms with van der Waals surface area (Å²) in [4.78, 5) is 4.70. The summed E-state index contributed by atoms with van der Waals surface area (Å²) in [7, 11) is 0.847. The summed E-state index contributed by atoms with van der Waals surface area (Å²) in [5.41, 5.74) is 1.48. The van der Waals surface area contributed by atoms with Crippen molar-refractivity contribution in [2.24, 2.45) is 0 Å². The molecule has 0 fully saturated rings. The summed E-state index contributed by atoms with van der Waals surface area (Å²) in [5.74, 6) is 2.31. The molecule has 156 valence electrons. The molecular formula is C19H22N2O5S3. The number of rotatable bonds is 9. The minimum Gasteiger partial charge on any atom is -0.493 e. The van der Waals surface area contributed by atoms with Crippen LogP contribution in [0, 0.1) is 0 Å². The third kappa shape index (κ3) is 4.77. The topological polar surface area (TPSA) is 86.8 Å². The second-order valence-corrected chi connectivity index (χ2v) is 10.2. The van der Waals surface area contributed by atoms with Crippen LogP contribution in [0.25, 0.3) is 10.2 Å². The molecule has 1 heterocycles. The van der Waals surface area contributed by atoms with Gasteiger partial charge in [0.05, 0.1) is 36.4 Å². The number of nitrogens with one attached hydrogen (secondary N) is 1. The molecule has 0 aliphatic carbocycles. The van der Waals surface area contributed by atoms with E-state index in [4.69, 9.17) is 14.2 Å². The number of thiazole rings is 1. The van der Waals surface area contributed by atoms with Gasteiger partial charge in [-0.15, -0.1) is 11.3 Å². The van der Waals surface area contributed by atoms with Crippen LogP contribution in [0.2, 0.25) is 0 Å². The summed E-state index contributed by atoms with van der Waals surface area (Å²) in [5, 5.41) is 0. The Bertz CT molecular complexity index is 1090. The number of fused-ring (bicyclic) bond motifs is 1. The molecule has 0 saturated heterocycles. The van der Waals surface area contributed by atoms with Crippen molar-refractivity contribution in [3.63, 3.8) is 0 Å². The highest BCUT2D eigenvalue weighted by molar-refractivity contribution is 8.01. The van der Waals surface area contributed by atoms with Crippen LogP contribution in [0.3, 0.4) is 0 Å². The van der Waals surface area contributed by atoms with Gasteiger partial charge < -0.3 is 14.2 Å². The SMILES string of the molecule is CCSc1nc2ccc(S(=O)(=O)NCc3cc(OC)c(OC)c(OC)c3)cc2s1. The average Bonchev–Trinajstić information content (AvgIpc) is 3.13. The van der Waals surface area contributed by atoms with Crippen molar-refractivity contribution in [1.82, 2.24) is 9.71 Å². The summed E-state index contributed by atoms with van der Waals surface area (Å²) >= 11 is 3.13. The van der Waals surface area contributed by atoms with Gasteiger partial charge in [0.25, 0.3) is 0 Å². The molecule has 1 N–H and O–H groups in total. The second-order valence-electron chi connectivity index (χ2n) is 5.90. The molecule has 3 aromatic rings. The molecule has 0 unspecified atom stereocenters. The Morgan fingerprint density at radius 3 is 2.34 bits per heavy atom. The fourth-order valence-corrected chi connectivity index (χ4v) is 5.86. The Kier molecular flexibility index (Phi) is 6.89. The molecule has 0 saturated carbocycles. The maximum absolute atomic E-state index is 12.8. The number of benzene rings is 2. The number of ether oxygens (including phenoxy) is 3. The zero-order valence-corrected chi connectivity index (χ0v) is 19.0. The molecule has 10 heteroatoms. The zero-order valence-electron chi connectivity index (χ0n) is 16.5. The van der Waals surface area contributed by atoms with Crippen LogP contribution < -0.4 is 18.9 Å². The van der Waals surface area contributed by atoms with Gasteiger partial charge >= 0.3 is 0 Å². The molecule has 29 heavy (non-hydrogen) atoms. The van der Waals surface area contributed by atoms with Crippen LogP contribution >= 0.6 is 23.1 Å². The number of hydrogen-bond donors (Lipinski definition) is 1. The van der Waals surface area contributed by atoms with E-state index >= 15 is 0 Å². The highest BCUT2D eigenvalue weighted by Gasteiger charge is 2.18. The minimum absolute atomic E-state index is 0.0801. The Morgan fingerprint density at radius 1 is 1.07 bits per heavy atom. The quantitative estimate of drug-likeness (QED) is 0.491. The van der Waals surface area contributed by atoms with Gasteiger partial charge in [-0.1, -0.05) is 18.7 Å². The smallest absolute Gasteiger partial charge is 0.240 e. The molecule has 0 bridgehead atoms. The monoisotopic (exact) mass is 454 g/mol. The van der Waals surface area contributed by atoms with Gasteiger partial charge in [0.2, 0.25) is 15.8 Å². The van der Waals surface area contributed by atoms with E-state index in [1.165, 1.54) is 32.7 Å². The van der Waals surface area contributed by atoms with E-state index in [-0.39, 0.29) is 11.4 Å². The highest BCUT2D eigenvalue weighted by atomic mass is 32.2. The third-order valence-electron chi connectivity index (χ3n) is 4.11. The van der Waals surface area contributed by atoms with Crippen molar-refractivity contribution in [2.75, 3.05) is 27.1 Å². The first-order valence-corrected chi connectivity index (χ1v) is 12.0. The van der Waals surface area contributed by atoms with Crippen molar-refractivity contribution in [3.05, 3.63) is 35.9 Å². The van der Waals surface area contributed by atoms with Gasteiger partial charge in [-0.05, 0) is 41.6 Å². The van der Waals surface area contributed by atoms with Crippen LogP contribution in [0.15, 0.2) is 39.6 Å². The van der Waals surface area contributed by atoms with Crippen LogP contribution in [0.1, 0.15) is 12.5 Å². The zero-order chi connectivity index (χ0) is 21.0. The van der Waals surface area contributed by atoms with E-state index in [2.05, 4.69) is 16.6 Å². The van der Waals surface area contributed by atoms with Gasteiger partial charge in [0.1, 0.15) is 0 Å². The molecule has 7 nitrogen and oxygen atoms in total. The second kappa shape index (κ2) is 9.21. The van der Waals surface area contributed by atoms with Gasteiger partial charge in [-0.3, -0.25) is 0 Å². The van der Waals surface area contributed by atoms with Crippen molar-refractivity contribution in [2.45, 2.75) is 22.7 Å². The van der Waals surface area contributed by atoms with E-state index in [0.29, 0.717) is 22.8 Å². The standard InChI is InChI=1S/C19H22N2O5S3/c1-5-27-19-21-14-7-6-13(10-17(14)28-19)29(22,23)20-11-12-8-15(24-2)18(26-4)16(9-12)25-3/h6-10,20H,5,11H2,1-4H3. The van der Waals surface area contributed by atoms with Crippen LogP contribution in [0.5, 0.6) is 17.2 Å². The number of nitrogens with zero attached hydrogens (tertiary/aromatic N) is 1. The number of sulfonamides is 1. The summed E-state index contributed by atoms with van der Waals surface area (Å²) in [6.45, 7) is 2.14. The largest absolute Gasteiger partial charge is 0.493 e. The molecule has 3 rings (SSSR count). The fourth-order valence-electron chi connectivity index (χ4n) is 2.74. The molecule has 2 aromatic carbocycles. The van der Waals surface area contributed by atoms with E-state index in [9.17, 15) is 8.42 Å². The summed E-state index contributed by atoms with van der Waals surface area (Å²) in [6.07, 6.45) is 0. The highest BCUT2D eigenvalue weighted by Crippen LogP contribution is 2.38. The Labute approximate surface area is 178 Å². The predicted octanol–water partition coefficient (Wildman–Crippen LogP) is 3.91.